The Bertz CT molecular complexity index is 944. The number of aromatic nitrogens is 1. The van der Waals surface area contributed by atoms with Gasteiger partial charge in [-0.15, -0.1) is 0 Å². The Morgan fingerprint density at radius 2 is 1.97 bits per heavy atom. The first-order valence-electron chi connectivity index (χ1n) is 8.54. The number of fused-ring (bicyclic) bond motifs is 1. The minimum Gasteiger partial charge on any atom is -0.452 e. The highest BCUT2D eigenvalue weighted by Gasteiger charge is 2.49. The summed E-state index contributed by atoms with van der Waals surface area (Å²) < 4.78 is 45.7. The molecule has 0 radical (unpaired) electrons. The molecule has 10 heteroatoms. The first-order chi connectivity index (χ1) is 13.7. The molecule has 0 aliphatic carbocycles. The molecule has 0 saturated heterocycles. The molecule has 29 heavy (non-hydrogen) atoms. The lowest BCUT2D eigenvalue weighted by atomic mass is 10.1. The van der Waals surface area contributed by atoms with Crippen LogP contribution in [-0.2, 0) is 14.3 Å². The number of benzene rings is 1. The molecule has 2 heterocycles. The zero-order chi connectivity index (χ0) is 21.2. The summed E-state index contributed by atoms with van der Waals surface area (Å²) in [5, 5.41) is 2.36. The molecule has 0 fully saturated rings. The second kappa shape index (κ2) is 7.90. The number of carbonyl (C=O) groups is 3. The molecule has 1 aromatic heterocycles. The predicted octanol–water partition coefficient (Wildman–Crippen LogP) is 2.85. The van der Waals surface area contributed by atoms with Gasteiger partial charge in [0.25, 0.3) is 5.91 Å². The number of aryl methyl sites for hydroxylation is 1. The number of nitrogens with one attached hydrogen (secondary N) is 1. The van der Waals surface area contributed by atoms with Crippen molar-refractivity contribution in [2.45, 2.75) is 25.6 Å². The number of para-hydroxylation sites is 2. The lowest BCUT2D eigenvalue weighted by Gasteiger charge is -2.31. The van der Waals surface area contributed by atoms with Gasteiger partial charge < -0.3 is 10.1 Å². The number of carbonyl (C=O) groups excluding carboxylic acids is 3. The van der Waals surface area contributed by atoms with E-state index in [9.17, 15) is 27.6 Å². The summed E-state index contributed by atoms with van der Waals surface area (Å²) in [6, 6.07) is 6.21. The average molecular weight is 407 g/mol. The zero-order valence-electron chi connectivity index (χ0n) is 15.2. The van der Waals surface area contributed by atoms with Crippen molar-refractivity contribution in [2.24, 2.45) is 0 Å². The van der Waals surface area contributed by atoms with Gasteiger partial charge >= 0.3 is 12.1 Å². The second-order valence-electron chi connectivity index (χ2n) is 6.35. The number of amides is 2. The number of hydrogen-bond donors (Lipinski definition) is 1. The molecule has 7 nitrogen and oxygen atoms in total. The third-order valence-electron chi connectivity index (χ3n) is 4.25. The van der Waals surface area contributed by atoms with Gasteiger partial charge in [0.1, 0.15) is 6.04 Å². The molecule has 1 aliphatic heterocycles. The fourth-order valence-corrected chi connectivity index (χ4v) is 2.86. The maximum Gasteiger partial charge on any atom is 0.409 e. The van der Waals surface area contributed by atoms with Gasteiger partial charge in [-0.2, -0.15) is 13.2 Å². The number of ether oxygens (including phenoxy) is 1. The molecule has 3 rings (SSSR count). The molecular weight excluding hydrogens is 391 g/mol. The largest absolute Gasteiger partial charge is 0.452 e. The monoisotopic (exact) mass is 407 g/mol. The summed E-state index contributed by atoms with van der Waals surface area (Å²) in [5.74, 6) is -2.88. The molecule has 1 atom stereocenters. The van der Waals surface area contributed by atoms with Crippen molar-refractivity contribution in [1.82, 2.24) is 4.98 Å². The SMILES string of the molecule is Cc1ccc(C(=O)OCC(=O)N2c3ccccc3NC(=O)CC2C(F)(F)F)cn1. The van der Waals surface area contributed by atoms with Crippen LogP contribution in [0.2, 0.25) is 0 Å². The van der Waals surface area contributed by atoms with E-state index in [1.165, 1.54) is 36.5 Å². The highest BCUT2D eigenvalue weighted by molar-refractivity contribution is 6.05. The van der Waals surface area contributed by atoms with E-state index >= 15 is 0 Å². The Morgan fingerprint density at radius 3 is 2.62 bits per heavy atom. The van der Waals surface area contributed by atoms with E-state index in [0.29, 0.717) is 10.6 Å². The van der Waals surface area contributed by atoms with Crippen molar-refractivity contribution >= 4 is 29.2 Å². The van der Waals surface area contributed by atoms with Crippen LogP contribution in [-0.4, -0.2) is 41.6 Å². The Balaban J connectivity index is 1.86. The van der Waals surface area contributed by atoms with Gasteiger partial charge in [-0.05, 0) is 31.2 Å². The zero-order valence-corrected chi connectivity index (χ0v) is 15.2. The van der Waals surface area contributed by atoms with Crippen molar-refractivity contribution in [3.63, 3.8) is 0 Å². The summed E-state index contributed by atoms with van der Waals surface area (Å²) in [7, 11) is 0. The second-order valence-corrected chi connectivity index (χ2v) is 6.35. The van der Waals surface area contributed by atoms with Crippen molar-refractivity contribution in [2.75, 3.05) is 16.8 Å². The number of hydrogen-bond acceptors (Lipinski definition) is 5. The molecule has 1 aliphatic rings. The highest BCUT2D eigenvalue weighted by Crippen LogP contribution is 2.37. The minimum absolute atomic E-state index is 0.0592. The van der Waals surface area contributed by atoms with Crippen LogP contribution in [0, 0.1) is 6.92 Å². The van der Waals surface area contributed by atoms with Crippen LogP contribution in [0.4, 0.5) is 24.5 Å². The van der Waals surface area contributed by atoms with Gasteiger partial charge in [0, 0.05) is 11.9 Å². The van der Waals surface area contributed by atoms with Crippen molar-refractivity contribution in [1.29, 1.82) is 0 Å². The van der Waals surface area contributed by atoms with Gasteiger partial charge in [-0.1, -0.05) is 12.1 Å². The third kappa shape index (κ3) is 4.53. The van der Waals surface area contributed by atoms with E-state index < -0.39 is 43.0 Å². The Labute approximate surface area is 163 Å². The first-order valence-corrected chi connectivity index (χ1v) is 8.54. The molecule has 0 saturated carbocycles. The quantitative estimate of drug-likeness (QED) is 0.791. The highest BCUT2D eigenvalue weighted by atomic mass is 19.4. The maximum absolute atomic E-state index is 13.6. The molecule has 2 aromatic rings. The maximum atomic E-state index is 13.6. The standard InChI is InChI=1S/C19H16F3N3O4/c1-11-6-7-12(9-23-11)18(28)29-10-17(27)25-14-5-3-2-4-13(14)24-16(26)8-15(25)19(20,21)22/h2-7,9,15H,8,10H2,1H3,(H,24,26). The molecule has 1 aromatic carbocycles. The summed E-state index contributed by atoms with van der Waals surface area (Å²) >= 11 is 0. The Morgan fingerprint density at radius 1 is 1.24 bits per heavy atom. The molecule has 1 unspecified atom stereocenters. The van der Waals surface area contributed by atoms with Gasteiger partial charge in [-0.25, -0.2) is 4.79 Å². The summed E-state index contributed by atoms with van der Waals surface area (Å²) in [4.78, 5) is 41.0. The number of pyridine rings is 1. The fraction of sp³-hybridized carbons (Fsp3) is 0.263. The number of halogens is 3. The smallest absolute Gasteiger partial charge is 0.409 e. The van der Waals surface area contributed by atoms with Crippen LogP contribution in [0.3, 0.4) is 0 Å². The predicted molar refractivity (Wildman–Crippen MR) is 96.3 cm³/mol. The lowest BCUT2D eigenvalue weighted by molar-refractivity contribution is -0.158. The molecule has 0 bridgehead atoms. The number of alkyl halides is 3. The van der Waals surface area contributed by atoms with Gasteiger partial charge in [-0.3, -0.25) is 19.5 Å². The van der Waals surface area contributed by atoms with Crippen molar-refractivity contribution in [3.8, 4) is 0 Å². The average Bonchev–Trinajstić information content (AvgIpc) is 2.82. The third-order valence-corrected chi connectivity index (χ3v) is 4.25. The lowest BCUT2D eigenvalue weighted by Crippen LogP contribution is -2.51. The van der Waals surface area contributed by atoms with Crippen LogP contribution in [0.5, 0.6) is 0 Å². The number of esters is 1. The molecule has 1 N–H and O–H groups in total. The van der Waals surface area contributed by atoms with Crippen LogP contribution in [0.25, 0.3) is 0 Å². The minimum atomic E-state index is -4.87. The molecular formula is C19H16F3N3O4. The van der Waals surface area contributed by atoms with Gasteiger partial charge in [0.15, 0.2) is 6.61 Å². The number of nitrogens with zero attached hydrogens (tertiary/aromatic N) is 2. The summed E-state index contributed by atoms with van der Waals surface area (Å²) in [5.41, 5.74) is 0.651. The Kier molecular flexibility index (Phi) is 5.53. The number of rotatable bonds is 3. The van der Waals surface area contributed by atoms with Gasteiger partial charge in [0.05, 0.1) is 23.4 Å². The van der Waals surface area contributed by atoms with E-state index in [0.717, 1.165) is 0 Å². The van der Waals surface area contributed by atoms with Crippen molar-refractivity contribution < 1.29 is 32.3 Å². The van der Waals surface area contributed by atoms with Crippen molar-refractivity contribution in [3.05, 3.63) is 53.9 Å². The summed E-state index contributed by atoms with van der Waals surface area (Å²) in [6.45, 7) is 0.782. The van der Waals surface area contributed by atoms with Crippen LogP contribution < -0.4 is 10.2 Å². The molecule has 152 valence electrons. The summed E-state index contributed by atoms with van der Waals surface area (Å²) in [6.07, 6.45) is -4.60. The van der Waals surface area contributed by atoms with Crippen LogP contribution in [0.15, 0.2) is 42.6 Å². The van der Waals surface area contributed by atoms with E-state index in [2.05, 4.69) is 10.3 Å². The Hall–Kier alpha value is -3.43. The van der Waals surface area contributed by atoms with Gasteiger partial charge in [0.2, 0.25) is 5.91 Å². The van der Waals surface area contributed by atoms with E-state index in [-0.39, 0.29) is 16.9 Å². The normalized spacial score (nSPS) is 16.5. The fourth-order valence-electron chi connectivity index (χ4n) is 2.86. The number of anilines is 2. The molecule has 2 amide bonds. The van der Waals surface area contributed by atoms with Crippen LogP contribution >= 0.6 is 0 Å². The van der Waals surface area contributed by atoms with Crippen LogP contribution in [0.1, 0.15) is 22.5 Å². The molecule has 0 spiro atoms. The van der Waals surface area contributed by atoms with E-state index in [1.54, 1.807) is 13.0 Å². The van der Waals surface area contributed by atoms with E-state index in [4.69, 9.17) is 4.74 Å². The first kappa shape index (κ1) is 20.3. The topological polar surface area (TPSA) is 88.6 Å². The van der Waals surface area contributed by atoms with E-state index in [1.807, 2.05) is 0 Å².